The number of carbonyl (C=O) groups is 1. The van der Waals surface area contributed by atoms with E-state index in [-0.39, 0.29) is 53.8 Å². The number of esters is 1. The van der Waals surface area contributed by atoms with Gasteiger partial charge in [-0.15, -0.1) is 0 Å². The number of aliphatic imine (C=N–C) groups is 1. The number of carbonyl (C=O) groups excluding carboxylic acids is 1. The van der Waals surface area contributed by atoms with E-state index in [9.17, 15) is 20.1 Å². The lowest BCUT2D eigenvalue weighted by Gasteiger charge is -2.35. The maximum Gasteiger partial charge on any atom is 0.302 e. The molecule has 12 nitrogen and oxygen atoms in total. The molecule has 0 amide bonds. The predicted molar refractivity (Wildman–Crippen MR) is 179 cm³/mol. The fraction of sp³-hybridized carbons (Fsp3) is 0.472. The Morgan fingerprint density at radius 2 is 1.88 bits per heavy atom. The summed E-state index contributed by atoms with van der Waals surface area (Å²) >= 11 is 0. The molecule has 6 N–H and O–H groups in total. The molecule has 1 saturated carbocycles. The summed E-state index contributed by atoms with van der Waals surface area (Å²) in [6, 6.07) is 12.4. The minimum atomic E-state index is -0.515. The van der Waals surface area contributed by atoms with Gasteiger partial charge in [-0.25, -0.2) is 0 Å². The molecule has 1 aliphatic heterocycles. The molecule has 0 radical (unpaired) electrons. The number of nitrogens with one attached hydrogen (secondary N) is 1. The van der Waals surface area contributed by atoms with Crippen LogP contribution in [0.1, 0.15) is 74.7 Å². The first-order valence-corrected chi connectivity index (χ1v) is 16.5. The Hall–Kier alpha value is -4.71. The third-order valence-electron chi connectivity index (χ3n) is 8.80. The van der Waals surface area contributed by atoms with Crippen LogP contribution in [-0.4, -0.2) is 70.2 Å². The molecule has 2 aliphatic rings. The average Bonchev–Trinajstić information content (AvgIpc) is 3.07. The molecule has 12 heteroatoms. The zero-order chi connectivity index (χ0) is 34.0. The van der Waals surface area contributed by atoms with E-state index in [0.29, 0.717) is 49.4 Å². The fourth-order valence-corrected chi connectivity index (χ4v) is 6.41. The number of benzene rings is 2. The van der Waals surface area contributed by atoms with Crippen LogP contribution in [0.2, 0.25) is 0 Å². The Morgan fingerprint density at radius 3 is 2.65 bits per heavy atom. The SMILES string of the molecule is CN=C(N)NC1CCCC(Oc2cc(CCC3CC(OC(C)=O)CC(c4cc(O)c(O)c(OCCc5cccnc5)c4)O3)ccc2O)C1. The Kier molecular flexibility index (Phi) is 11.8. The van der Waals surface area contributed by atoms with E-state index in [0.717, 1.165) is 36.8 Å². The van der Waals surface area contributed by atoms with Crippen LogP contribution in [-0.2, 0) is 27.1 Å². The number of guanidine groups is 1. The molecule has 258 valence electrons. The molecule has 2 aromatic carbocycles. The summed E-state index contributed by atoms with van der Waals surface area (Å²) in [5, 5.41) is 34.9. The van der Waals surface area contributed by atoms with E-state index in [4.69, 9.17) is 24.7 Å². The van der Waals surface area contributed by atoms with Crippen LogP contribution in [0.3, 0.4) is 0 Å². The Morgan fingerprint density at radius 1 is 1.02 bits per heavy atom. The van der Waals surface area contributed by atoms with Crippen LogP contribution in [0.25, 0.3) is 0 Å². The van der Waals surface area contributed by atoms with Gasteiger partial charge in [0.1, 0.15) is 12.2 Å². The highest BCUT2D eigenvalue weighted by Crippen LogP contribution is 2.43. The molecule has 0 bridgehead atoms. The number of aromatic nitrogens is 1. The third kappa shape index (κ3) is 9.66. The number of phenols is 3. The van der Waals surface area contributed by atoms with Crippen LogP contribution in [0.15, 0.2) is 59.9 Å². The largest absolute Gasteiger partial charge is 0.504 e. The van der Waals surface area contributed by atoms with E-state index in [1.165, 1.54) is 13.0 Å². The Balaban J connectivity index is 1.24. The van der Waals surface area contributed by atoms with Crippen molar-refractivity contribution in [3.63, 3.8) is 0 Å². The summed E-state index contributed by atoms with van der Waals surface area (Å²) in [4.78, 5) is 20.0. The first-order valence-electron chi connectivity index (χ1n) is 16.5. The Labute approximate surface area is 280 Å². The first kappa shape index (κ1) is 34.6. The van der Waals surface area contributed by atoms with Crippen molar-refractivity contribution in [3.05, 3.63) is 71.5 Å². The van der Waals surface area contributed by atoms with Crippen LogP contribution in [0, 0.1) is 0 Å². The van der Waals surface area contributed by atoms with Crippen molar-refractivity contribution >= 4 is 11.9 Å². The van der Waals surface area contributed by atoms with Gasteiger partial charge < -0.3 is 45.3 Å². The number of hydrogen-bond donors (Lipinski definition) is 5. The second kappa shape index (κ2) is 16.4. The monoisotopic (exact) mass is 662 g/mol. The van der Waals surface area contributed by atoms with Crippen molar-refractivity contribution in [2.24, 2.45) is 10.7 Å². The highest BCUT2D eigenvalue weighted by atomic mass is 16.6. The standard InChI is InChI=1S/C36H46N4O8/c1-22(41)46-29-19-28(10-8-23-9-11-30(42)33(15-23)48-27-7-3-6-26(18-27)40-36(37)38-2)47-32(20-29)25-16-31(43)35(44)34(17-25)45-14-12-24-5-4-13-39-21-24/h4-5,9,11,13,15-17,21,26-29,32,42-44H,3,6-8,10,12,14,18-20H2,1-2H3,(H3,37,38,40). The van der Waals surface area contributed by atoms with Crippen molar-refractivity contribution in [2.45, 2.75) is 95.2 Å². The lowest BCUT2D eigenvalue weighted by molar-refractivity contribution is -0.160. The summed E-state index contributed by atoms with van der Waals surface area (Å²) in [6.45, 7) is 1.65. The van der Waals surface area contributed by atoms with E-state index in [1.54, 1.807) is 31.6 Å². The third-order valence-corrected chi connectivity index (χ3v) is 8.80. The number of aromatic hydroxyl groups is 3. The van der Waals surface area contributed by atoms with Gasteiger partial charge in [0, 0.05) is 58.1 Å². The van der Waals surface area contributed by atoms with Crippen LogP contribution in [0.5, 0.6) is 28.7 Å². The van der Waals surface area contributed by atoms with E-state index >= 15 is 0 Å². The number of ether oxygens (including phenoxy) is 4. The summed E-state index contributed by atoms with van der Waals surface area (Å²) in [6.07, 6.45) is 8.48. The summed E-state index contributed by atoms with van der Waals surface area (Å²) in [5.41, 5.74) is 8.42. The molecular weight excluding hydrogens is 616 g/mol. The lowest BCUT2D eigenvalue weighted by Crippen LogP contribution is -2.44. The van der Waals surface area contributed by atoms with Gasteiger partial charge in [-0.2, -0.15) is 0 Å². The predicted octanol–water partition coefficient (Wildman–Crippen LogP) is 4.83. The molecule has 1 aromatic heterocycles. The van der Waals surface area contributed by atoms with Crippen molar-refractivity contribution in [3.8, 4) is 28.7 Å². The molecule has 5 unspecified atom stereocenters. The summed E-state index contributed by atoms with van der Waals surface area (Å²) in [7, 11) is 1.65. The molecule has 1 aliphatic carbocycles. The zero-order valence-corrected chi connectivity index (χ0v) is 27.5. The van der Waals surface area contributed by atoms with E-state index < -0.39 is 12.2 Å². The minimum Gasteiger partial charge on any atom is -0.504 e. The van der Waals surface area contributed by atoms with Crippen molar-refractivity contribution < 1.29 is 39.1 Å². The van der Waals surface area contributed by atoms with Crippen LogP contribution < -0.4 is 20.5 Å². The highest BCUT2D eigenvalue weighted by Gasteiger charge is 2.33. The minimum absolute atomic E-state index is 0.0695. The van der Waals surface area contributed by atoms with Crippen molar-refractivity contribution in [1.29, 1.82) is 0 Å². The number of hydrogen-bond acceptors (Lipinski definition) is 10. The number of phenolic OH excluding ortho intramolecular Hbond substituents is 3. The first-order chi connectivity index (χ1) is 23.2. The Bertz CT molecular complexity index is 1550. The van der Waals surface area contributed by atoms with Crippen LogP contribution in [0.4, 0.5) is 0 Å². The molecule has 48 heavy (non-hydrogen) atoms. The quantitative estimate of drug-likeness (QED) is 0.0777. The molecule has 2 fully saturated rings. The van der Waals surface area contributed by atoms with Crippen molar-refractivity contribution in [2.75, 3.05) is 13.7 Å². The van der Waals surface area contributed by atoms with Crippen LogP contribution >= 0.6 is 0 Å². The topological polar surface area (TPSA) is 178 Å². The molecular formula is C36H46N4O8. The molecule has 3 aromatic rings. The number of aryl methyl sites for hydroxylation is 1. The average molecular weight is 663 g/mol. The number of nitrogens with two attached hydrogens (primary N) is 1. The fourth-order valence-electron chi connectivity index (χ4n) is 6.41. The molecule has 0 spiro atoms. The maximum absolute atomic E-state index is 11.9. The summed E-state index contributed by atoms with van der Waals surface area (Å²) < 4.78 is 24.3. The van der Waals surface area contributed by atoms with E-state index in [1.807, 2.05) is 24.3 Å². The van der Waals surface area contributed by atoms with Gasteiger partial charge in [-0.05, 0) is 79.1 Å². The molecule has 1 saturated heterocycles. The van der Waals surface area contributed by atoms with Gasteiger partial charge in [0.25, 0.3) is 0 Å². The normalized spacial score (nSPS) is 22.9. The van der Waals surface area contributed by atoms with E-state index in [2.05, 4.69) is 15.3 Å². The number of nitrogens with zero attached hydrogens (tertiary/aromatic N) is 2. The second-order valence-electron chi connectivity index (χ2n) is 12.5. The second-order valence-corrected chi connectivity index (χ2v) is 12.5. The molecule has 5 atom stereocenters. The smallest absolute Gasteiger partial charge is 0.302 e. The van der Waals surface area contributed by atoms with Gasteiger partial charge in [-0.3, -0.25) is 14.8 Å². The summed E-state index contributed by atoms with van der Waals surface area (Å²) in [5.74, 6) is 0.0146. The van der Waals surface area contributed by atoms with Gasteiger partial charge in [0.15, 0.2) is 29.0 Å². The van der Waals surface area contributed by atoms with Gasteiger partial charge in [0.05, 0.1) is 18.8 Å². The van der Waals surface area contributed by atoms with Gasteiger partial charge >= 0.3 is 5.97 Å². The zero-order valence-electron chi connectivity index (χ0n) is 27.5. The molecule has 5 rings (SSSR count). The van der Waals surface area contributed by atoms with Gasteiger partial charge in [-0.1, -0.05) is 12.1 Å². The van der Waals surface area contributed by atoms with Gasteiger partial charge in [0.2, 0.25) is 5.75 Å². The lowest BCUT2D eigenvalue weighted by atomic mass is 9.92. The highest BCUT2D eigenvalue weighted by molar-refractivity contribution is 5.77. The van der Waals surface area contributed by atoms with Crippen molar-refractivity contribution in [1.82, 2.24) is 10.3 Å². The number of rotatable bonds is 12. The molecule has 2 heterocycles. The maximum atomic E-state index is 11.9. The number of pyridine rings is 1.